The summed E-state index contributed by atoms with van der Waals surface area (Å²) < 4.78 is 43.6. The van der Waals surface area contributed by atoms with Crippen LogP contribution in [-0.2, 0) is 20.5 Å². The second-order valence-electron chi connectivity index (χ2n) is 8.02. The van der Waals surface area contributed by atoms with Crippen molar-refractivity contribution in [1.82, 2.24) is 0 Å². The summed E-state index contributed by atoms with van der Waals surface area (Å²) in [6.07, 6.45) is -4.62. The fourth-order valence-corrected chi connectivity index (χ4v) is 3.93. The Morgan fingerprint density at radius 3 is 2.08 bits per heavy atom. The molecule has 0 bridgehead atoms. The number of nitrogens with one attached hydrogen (secondary N) is 2. The number of halogens is 5. The predicted molar refractivity (Wildman–Crippen MR) is 138 cm³/mol. The van der Waals surface area contributed by atoms with Gasteiger partial charge in [0.1, 0.15) is 10.7 Å². The van der Waals surface area contributed by atoms with Gasteiger partial charge >= 0.3 is 12.1 Å². The maximum absolute atomic E-state index is 13.0. The molecule has 0 unspecified atom stereocenters. The van der Waals surface area contributed by atoms with Crippen LogP contribution in [0.4, 0.5) is 30.2 Å². The lowest BCUT2D eigenvalue weighted by Crippen LogP contribution is -2.32. The highest BCUT2D eigenvalue weighted by Crippen LogP contribution is 2.34. The highest BCUT2D eigenvalue weighted by Gasteiger charge is 2.39. The van der Waals surface area contributed by atoms with Crippen molar-refractivity contribution in [2.45, 2.75) is 6.18 Å². The number of imide groups is 1. The van der Waals surface area contributed by atoms with Gasteiger partial charge in [-0.25, -0.2) is 9.69 Å². The van der Waals surface area contributed by atoms with E-state index in [0.29, 0.717) is 5.69 Å². The lowest BCUT2D eigenvalue weighted by molar-refractivity contribution is -0.137. The number of ether oxygens (including phenoxy) is 1. The lowest BCUT2D eigenvalue weighted by atomic mass is 10.1. The van der Waals surface area contributed by atoms with Crippen molar-refractivity contribution in [1.29, 1.82) is 0 Å². The molecule has 0 saturated heterocycles. The van der Waals surface area contributed by atoms with E-state index < -0.39 is 35.4 Å². The normalized spacial score (nSPS) is 13.5. The van der Waals surface area contributed by atoms with Gasteiger partial charge in [0.15, 0.2) is 0 Å². The number of amides is 3. The van der Waals surface area contributed by atoms with Crippen LogP contribution in [0.25, 0.3) is 0 Å². The molecule has 4 rings (SSSR count). The van der Waals surface area contributed by atoms with E-state index in [4.69, 9.17) is 23.2 Å². The summed E-state index contributed by atoms with van der Waals surface area (Å²) in [5.41, 5.74) is -0.644. The van der Waals surface area contributed by atoms with Gasteiger partial charge < -0.3 is 15.4 Å². The highest BCUT2D eigenvalue weighted by atomic mass is 35.5. The maximum atomic E-state index is 13.0. The number of methoxy groups -OCH3 is 1. The number of carbonyl (C=O) groups is 4. The Balaban J connectivity index is 1.47. The Bertz CT molecular complexity index is 1520. The largest absolute Gasteiger partial charge is 0.465 e. The molecule has 0 aliphatic carbocycles. The van der Waals surface area contributed by atoms with Gasteiger partial charge in [-0.05, 0) is 66.7 Å². The van der Waals surface area contributed by atoms with Crippen LogP contribution in [0.3, 0.4) is 0 Å². The van der Waals surface area contributed by atoms with Crippen LogP contribution in [0.15, 0.2) is 77.5 Å². The van der Waals surface area contributed by atoms with Gasteiger partial charge in [0.2, 0.25) is 0 Å². The zero-order valence-electron chi connectivity index (χ0n) is 19.7. The van der Waals surface area contributed by atoms with E-state index in [1.807, 2.05) is 0 Å². The van der Waals surface area contributed by atoms with Crippen LogP contribution < -0.4 is 15.5 Å². The van der Waals surface area contributed by atoms with Crippen molar-refractivity contribution < 1.29 is 37.1 Å². The van der Waals surface area contributed by atoms with Gasteiger partial charge in [-0.15, -0.1) is 0 Å². The third-order valence-electron chi connectivity index (χ3n) is 5.53. The summed E-state index contributed by atoms with van der Waals surface area (Å²) in [5.74, 6) is -2.86. The first-order valence-electron chi connectivity index (χ1n) is 10.9. The Labute approximate surface area is 228 Å². The van der Waals surface area contributed by atoms with Gasteiger partial charge in [-0.3, -0.25) is 14.4 Å². The number of carbonyl (C=O) groups excluding carboxylic acids is 4. The average Bonchev–Trinajstić information content (AvgIpc) is 3.12. The van der Waals surface area contributed by atoms with Crippen LogP contribution in [0.5, 0.6) is 0 Å². The van der Waals surface area contributed by atoms with E-state index in [-0.39, 0.29) is 38.3 Å². The molecule has 1 aliphatic rings. The molecule has 13 heteroatoms. The molecular weight excluding hydrogens is 562 g/mol. The minimum atomic E-state index is -4.62. The fraction of sp³-hybridized carbons (Fsp3) is 0.0769. The van der Waals surface area contributed by atoms with Crippen molar-refractivity contribution in [2.75, 3.05) is 22.6 Å². The SMILES string of the molecule is COC(=O)c1ccc(N2C(=O)C(Cl)=C(Nc3ccc(C(=O)Nc4cc(C(F)(F)F)ccc4Cl)cc3)C2=O)cc1. The van der Waals surface area contributed by atoms with E-state index in [9.17, 15) is 32.3 Å². The summed E-state index contributed by atoms with van der Waals surface area (Å²) in [4.78, 5) is 50.7. The van der Waals surface area contributed by atoms with Crippen molar-refractivity contribution in [3.05, 3.63) is 99.2 Å². The molecule has 0 atom stereocenters. The molecule has 3 aromatic carbocycles. The summed E-state index contributed by atoms with van der Waals surface area (Å²) in [6.45, 7) is 0. The molecule has 1 aliphatic heterocycles. The van der Waals surface area contributed by atoms with Crippen molar-refractivity contribution in [2.24, 2.45) is 0 Å². The van der Waals surface area contributed by atoms with Crippen LogP contribution in [0.1, 0.15) is 26.3 Å². The molecule has 0 aromatic heterocycles. The smallest absolute Gasteiger partial charge is 0.416 e. The van der Waals surface area contributed by atoms with E-state index in [2.05, 4.69) is 15.4 Å². The van der Waals surface area contributed by atoms with Crippen LogP contribution in [0.2, 0.25) is 5.02 Å². The molecule has 0 radical (unpaired) electrons. The van der Waals surface area contributed by atoms with Gasteiger partial charge in [-0.1, -0.05) is 23.2 Å². The highest BCUT2D eigenvalue weighted by molar-refractivity contribution is 6.53. The second kappa shape index (κ2) is 10.8. The van der Waals surface area contributed by atoms with E-state index in [0.717, 1.165) is 23.1 Å². The van der Waals surface area contributed by atoms with Gasteiger partial charge in [0.05, 0.1) is 34.6 Å². The molecule has 0 spiro atoms. The number of nitrogens with zero attached hydrogens (tertiary/aromatic N) is 1. The minimum Gasteiger partial charge on any atom is -0.465 e. The van der Waals surface area contributed by atoms with Crippen molar-refractivity contribution >= 4 is 64.0 Å². The summed E-state index contributed by atoms with van der Waals surface area (Å²) >= 11 is 12.1. The molecule has 39 heavy (non-hydrogen) atoms. The van der Waals surface area contributed by atoms with Gasteiger partial charge in [0.25, 0.3) is 17.7 Å². The van der Waals surface area contributed by atoms with E-state index in [1.165, 1.54) is 55.6 Å². The molecule has 3 aromatic rings. The van der Waals surface area contributed by atoms with Crippen molar-refractivity contribution in [3.8, 4) is 0 Å². The first-order valence-corrected chi connectivity index (χ1v) is 11.7. The molecule has 1 heterocycles. The van der Waals surface area contributed by atoms with Gasteiger partial charge in [-0.2, -0.15) is 13.2 Å². The fourth-order valence-electron chi connectivity index (χ4n) is 3.55. The predicted octanol–water partition coefficient (Wildman–Crippen LogP) is 5.83. The monoisotopic (exact) mass is 577 g/mol. The quantitative estimate of drug-likeness (QED) is 0.282. The standard InChI is InChI=1S/C26H16Cl2F3N3O5/c1-39-25(38)14-4-9-17(10-5-14)34-23(36)20(28)21(24(34)37)32-16-7-2-13(3-8-16)22(35)33-19-12-15(26(29,30)31)6-11-18(19)27/h2-12,32H,1H3,(H,33,35). The van der Waals surface area contributed by atoms with Gasteiger partial charge in [0, 0.05) is 11.3 Å². The van der Waals surface area contributed by atoms with Crippen LogP contribution in [-0.4, -0.2) is 30.8 Å². The first kappa shape index (κ1) is 27.7. The van der Waals surface area contributed by atoms with Crippen molar-refractivity contribution in [3.63, 3.8) is 0 Å². The van der Waals surface area contributed by atoms with Crippen LogP contribution in [0, 0.1) is 0 Å². The van der Waals surface area contributed by atoms with E-state index in [1.54, 1.807) is 0 Å². The molecular formula is C26H16Cl2F3N3O5. The zero-order valence-corrected chi connectivity index (χ0v) is 21.2. The third kappa shape index (κ3) is 5.74. The Morgan fingerprint density at radius 2 is 1.49 bits per heavy atom. The summed E-state index contributed by atoms with van der Waals surface area (Å²) in [6, 6.07) is 13.6. The lowest BCUT2D eigenvalue weighted by Gasteiger charge is -2.15. The molecule has 3 amide bonds. The summed E-state index contributed by atoms with van der Waals surface area (Å²) in [5, 5.41) is 4.62. The number of hydrogen-bond acceptors (Lipinski definition) is 6. The second-order valence-corrected chi connectivity index (χ2v) is 8.81. The molecule has 200 valence electrons. The summed E-state index contributed by atoms with van der Waals surface area (Å²) in [7, 11) is 1.22. The molecule has 8 nitrogen and oxygen atoms in total. The maximum Gasteiger partial charge on any atom is 0.416 e. The number of anilines is 3. The number of rotatable bonds is 6. The Hall–Kier alpha value is -4.35. The number of alkyl halides is 3. The average molecular weight is 578 g/mol. The number of benzene rings is 3. The zero-order chi connectivity index (χ0) is 28.5. The molecule has 2 N–H and O–H groups in total. The third-order valence-corrected chi connectivity index (χ3v) is 6.21. The van der Waals surface area contributed by atoms with Crippen LogP contribution >= 0.6 is 23.2 Å². The molecule has 0 saturated carbocycles. The first-order chi connectivity index (χ1) is 18.4. The molecule has 0 fully saturated rings. The topological polar surface area (TPSA) is 105 Å². The van der Waals surface area contributed by atoms with E-state index >= 15 is 0 Å². The minimum absolute atomic E-state index is 0.0786. The number of esters is 1. The Morgan fingerprint density at radius 1 is 0.872 bits per heavy atom. The Kier molecular flexibility index (Phi) is 7.66. The number of hydrogen-bond donors (Lipinski definition) is 2.